The fourth-order valence-corrected chi connectivity index (χ4v) is 1.71. The molecule has 0 aliphatic carbocycles. The summed E-state index contributed by atoms with van der Waals surface area (Å²) in [4.78, 5) is 0. The van der Waals surface area contributed by atoms with Crippen LogP contribution in [0.1, 0.15) is 19.4 Å². The van der Waals surface area contributed by atoms with Gasteiger partial charge in [-0.2, -0.15) is 5.26 Å². The molecule has 0 radical (unpaired) electrons. The van der Waals surface area contributed by atoms with Gasteiger partial charge < -0.3 is 10.1 Å². The van der Waals surface area contributed by atoms with Crippen LogP contribution in [-0.4, -0.2) is 20.2 Å². The second kappa shape index (κ2) is 7.73. The van der Waals surface area contributed by atoms with E-state index in [1.54, 1.807) is 7.11 Å². The van der Waals surface area contributed by atoms with Crippen LogP contribution in [-0.2, 0) is 6.42 Å². The molecule has 0 aliphatic rings. The summed E-state index contributed by atoms with van der Waals surface area (Å²) in [6, 6.07) is 10.4. The molecular weight excluding hydrogens is 224 g/mol. The molecular formula is C15H22N2O. The first-order chi connectivity index (χ1) is 8.67. The molecule has 0 fully saturated rings. The minimum Gasteiger partial charge on any atom is -0.497 e. The first-order valence-electron chi connectivity index (χ1n) is 6.40. The molecule has 0 heterocycles. The third kappa shape index (κ3) is 4.77. The van der Waals surface area contributed by atoms with E-state index in [0.717, 1.165) is 25.3 Å². The second-order valence-corrected chi connectivity index (χ2v) is 4.78. The van der Waals surface area contributed by atoms with Gasteiger partial charge in [0.15, 0.2) is 0 Å². The molecule has 1 N–H and O–H groups in total. The predicted octanol–water partition coefficient (Wildman–Crippen LogP) is 2.62. The number of benzene rings is 1. The number of nitriles is 1. The van der Waals surface area contributed by atoms with Crippen LogP contribution >= 0.6 is 0 Å². The summed E-state index contributed by atoms with van der Waals surface area (Å²) >= 11 is 0. The highest BCUT2D eigenvalue weighted by molar-refractivity contribution is 5.27. The zero-order valence-corrected chi connectivity index (χ0v) is 11.4. The molecule has 1 unspecified atom stereocenters. The first-order valence-corrected chi connectivity index (χ1v) is 6.40. The monoisotopic (exact) mass is 246 g/mol. The molecule has 1 rings (SSSR count). The van der Waals surface area contributed by atoms with Crippen LogP contribution in [0.2, 0.25) is 0 Å². The van der Waals surface area contributed by atoms with Crippen molar-refractivity contribution < 1.29 is 4.74 Å². The summed E-state index contributed by atoms with van der Waals surface area (Å²) in [6.07, 6.45) is 0.972. The largest absolute Gasteiger partial charge is 0.497 e. The number of hydrogen-bond donors (Lipinski definition) is 1. The molecule has 0 bridgehead atoms. The third-order valence-electron chi connectivity index (χ3n) is 3.08. The second-order valence-electron chi connectivity index (χ2n) is 4.78. The van der Waals surface area contributed by atoms with Crippen molar-refractivity contribution in [1.82, 2.24) is 5.32 Å². The van der Waals surface area contributed by atoms with E-state index in [1.807, 2.05) is 12.1 Å². The number of ether oxygens (including phenoxy) is 1. The Hall–Kier alpha value is -1.53. The summed E-state index contributed by atoms with van der Waals surface area (Å²) in [7, 11) is 1.67. The zero-order valence-electron chi connectivity index (χ0n) is 11.4. The van der Waals surface area contributed by atoms with Gasteiger partial charge in [-0.1, -0.05) is 26.0 Å². The average Bonchev–Trinajstić information content (AvgIpc) is 2.39. The highest BCUT2D eigenvalue weighted by Gasteiger charge is 2.10. The molecule has 1 aromatic rings. The summed E-state index contributed by atoms with van der Waals surface area (Å²) in [5.74, 6) is 1.39. The van der Waals surface area contributed by atoms with Gasteiger partial charge in [-0.25, -0.2) is 0 Å². The Morgan fingerprint density at radius 3 is 2.44 bits per heavy atom. The van der Waals surface area contributed by atoms with E-state index in [-0.39, 0.29) is 5.92 Å². The number of hydrogen-bond acceptors (Lipinski definition) is 3. The van der Waals surface area contributed by atoms with Crippen LogP contribution in [0.25, 0.3) is 0 Å². The maximum atomic E-state index is 8.97. The summed E-state index contributed by atoms with van der Waals surface area (Å²) in [5.41, 5.74) is 1.28. The van der Waals surface area contributed by atoms with Crippen LogP contribution in [0, 0.1) is 23.2 Å². The normalized spacial score (nSPS) is 12.2. The maximum absolute atomic E-state index is 8.97. The molecule has 1 aromatic carbocycles. The highest BCUT2D eigenvalue weighted by atomic mass is 16.5. The van der Waals surface area contributed by atoms with Gasteiger partial charge in [0.2, 0.25) is 0 Å². The third-order valence-corrected chi connectivity index (χ3v) is 3.08. The Labute approximate surface area is 110 Å². The lowest BCUT2D eigenvalue weighted by molar-refractivity contribution is 0.414. The first kappa shape index (κ1) is 14.5. The molecule has 0 amide bonds. The van der Waals surface area contributed by atoms with Gasteiger partial charge in [0.25, 0.3) is 0 Å². The van der Waals surface area contributed by atoms with Crippen molar-refractivity contribution in [3.63, 3.8) is 0 Å². The van der Waals surface area contributed by atoms with Gasteiger partial charge in [0.1, 0.15) is 5.75 Å². The molecule has 0 saturated heterocycles. The molecule has 98 valence electrons. The molecule has 0 aromatic heterocycles. The Kier molecular flexibility index (Phi) is 6.24. The molecule has 1 atom stereocenters. The van der Waals surface area contributed by atoms with Crippen molar-refractivity contribution in [3.8, 4) is 11.8 Å². The topological polar surface area (TPSA) is 45.0 Å². The minimum absolute atomic E-state index is 0.0980. The van der Waals surface area contributed by atoms with Crippen LogP contribution < -0.4 is 10.1 Å². The SMILES string of the molecule is COc1ccc(CCNCC(C#N)C(C)C)cc1. The van der Waals surface area contributed by atoms with Crippen LogP contribution in [0.15, 0.2) is 24.3 Å². The van der Waals surface area contributed by atoms with Gasteiger partial charge in [-0.15, -0.1) is 0 Å². The van der Waals surface area contributed by atoms with E-state index in [2.05, 4.69) is 37.4 Å². The average molecular weight is 246 g/mol. The van der Waals surface area contributed by atoms with Gasteiger partial charge in [-0.05, 0) is 36.6 Å². The summed E-state index contributed by atoms with van der Waals surface area (Å²) in [5, 5.41) is 12.3. The van der Waals surface area contributed by atoms with Crippen molar-refractivity contribution in [1.29, 1.82) is 5.26 Å². The fourth-order valence-electron chi connectivity index (χ4n) is 1.71. The molecule has 0 spiro atoms. The van der Waals surface area contributed by atoms with Crippen molar-refractivity contribution in [2.75, 3.05) is 20.2 Å². The molecule has 0 aliphatic heterocycles. The standard InChI is InChI=1S/C15H22N2O/c1-12(2)14(10-16)11-17-9-8-13-4-6-15(18-3)7-5-13/h4-7,12,14,17H,8-9,11H2,1-3H3. The van der Waals surface area contributed by atoms with Gasteiger partial charge in [0.05, 0.1) is 19.1 Å². The Morgan fingerprint density at radius 2 is 1.94 bits per heavy atom. The number of nitrogens with zero attached hydrogens (tertiary/aromatic N) is 1. The lowest BCUT2D eigenvalue weighted by atomic mass is 9.97. The van der Waals surface area contributed by atoms with E-state index in [0.29, 0.717) is 5.92 Å². The van der Waals surface area contributed by atoms with Crippen molar-refractivity contribution >= 4 is 0 Å². The molecule has 18 heavy (non-hydrogen) atoms. The quantitative estimate of drug-likeness (QED) is 0.752. The van der Waals surface area contributed by atoms with E-state index in [4.69, 9.17) is 10.00 Å². The Bertz CT molecular complexity index is 378. The zero-order chi connectivity index (χ0) is 13.4. The Balaban J connectivity index is 2.27. The Morgan fingerprint density at radius 1 is 1.28 bits per heavy atom. The van der Waals surface area contributed by atoms with Crippen LogP contribution in [0.5, 0.6) is 5.75 Å². The van der Waals surface area contributed by atoms with Crippen molar-refractivity contribution in [3.05, 3.63) is 29.8 Å². The number of methoxy groups -OCH3 is 1. The van der Waals surface area contributed by atoms with E-state index < -0.39 is 0 Å². The molecule has 3 heteroatoms. The number of nitrogens with one attached hydrogen (secondary N) is 1. The van der Waals surface area contributed by atoms with E-state index >= 15 is 0 Å². The lowest BCUT2D eigenvalue weighted by Crippen LogP contribution is -2.26. The van der Waals surface area contributed by atoms with Crippen molar-refractivity contribution in [2.24, 2.45) is 11.8 Å². The lowest BCUT2D eigenvalue weighted by Gasteiger charge is -2.13. The summed E-state index contributed by atoms with van der Waals surface area (Å²) < 4.78 is 5.12. The minimum atomic E-state index is 0.0980. The molecule has 3 nitrogen and oxygen atoms in total. The van der Waals surface area contributed by atoms with Gasteiger partial charge in [0, 0.05) is 6.54 Å². The van der Waals surface area contributed by atoms with E-state index in [9.17, 15) is 0 Å². The number of rotatable bonds is 7. The predicted molar refractivity (Wildman–Crippen MR) is 73.5 cm³/mol. The smallest absolute Gasteiger partial charge is 0.118 e. The molecule has 0 saturated carbocycles. The van der Waals surface area contributed by atoms with E-state index in [1.165, 1.54) is 5.56 Å². The fraction of sp³-hybridized carbons (Fsp3) is 0.533. The van der Waals surface area contributed by atoms with Gasteiger partial charge >= 0.3 is 0 Å². The maximum Gasteiger partial charge on any atom is 0.118 e. The van der Waals surface area contributed by atoms with Crippen LogP contribution in [0.4, 0.5) is 0 Å². The highest BCUT2D eigenvalue weighted by Crippen LogP contribution is 2.11. The van der Waals surface area contributed by atoms with Crippen molar-refractivity contribution in [2.45, 2.75) is 20.3 Å². The summed E-state index contributed by atoms with van der Waals surface area (Å²) in [6.45, 7) is 5.83. The van der Waals surface area contributed by atoms with Gasteiger partial charge in [-0.3, -0.25) is 0 Å². The van der Waals surface area contributed by atoms with Crippen LogP contribution in [0.3, 0.4) is 0 Å².